The van der Waals surface area contributed by atoms with Crippen LogP contribution >= 0.6 is 0 Å². The third kappa shape index (κ3) is 7.85. The maximum atomic E-state index is 13.2. The molecule has 0 bridgehead atoms. The van der Waals surface area contributed by atoms with Crippen molar-refractivity contribution in [3.05, 3.63) is 0 Å². The summed E-state index contributed by atoms with van der Waals surface area (Å²) in [6.07, 6.45) is -2.62. The van der Waals surface area contributed by atoms with Crippen LogP contribution in [0.3, 0.4) is 0 Å². The molecule has 200 valence electrons. The Balaban J connectivity index is 2.80. The SMILES string of the molecule is CCC(C)(CC(C)C(=O)OC(C)(C)CC(C)C)C(=O)OC1(C)CCC(C(C)(O)C(F)(F)F)CC1. The van der Waals surface area contributed by atoms with Crippen LogP contribution in [-0.4, -0.2) is 40.0 Å². The first-order valence-electron chi connectivity index (χ1n) is 12.4. The quantitative estimate of drug-likeness (QED) is 0.346. The Bertz CT molecular complexity index is 706. The van der Waals surface area contributed by atoms with Crippen LogP contribution in [0.25, 0.3) is 0 Å². The van der Waals surface area contributed by atoms with Gasteiger partial charge in [-0.1, -0.05) is 27.7 Å². The van der Waals surface area contributed by atoms with Gasteiger partial charge in [0, 0.05) is 0 Å². The lowest BCUT2D eigenvalue weighted by atomic mass is 9.72. The summed E-state index contributed by atoms with van der Waals surface area (Å²) in [5.74, 6) is -1.92. The smallest absolute Gasteiger partial charge is 0.417 e. The minimum Gasteiger partial charge on any atom is -0.459 e. The van der Waals surface area contributed by atoms with E-state index in [2.05, 4.69) is 13.8 Å². The molecule has 1 rings (SSSR count). The molecule has 0 aliphatic heterocycles. The van der Waals surface area contributed by atoms with Gasteiger partial charge < -0.3 is 14.6 Å². The summed E-state index contributed by atoms with van der Waals surface area (Å²) in [5.41, 5.74) is -5.21. The van der Waals surface area contributed by atoms with E-state index in [-0.39, 0.29) is 38.1 Å². The molecular formula is C26H45F3O5. The molecule has 0 saturated heterocycles. The van der Waals surface area contributed by atoms with Gasteiger partial charge in [-0.25, -0.2) is 0 Å². The molecule has 0 amide bonds. The van der Waals surface area contributed by atoms with Crippen LogP contribution in [0, 0.1) is 23.2 Å². The predicted molar refractivity (Wildman–Crippen MR) is 125 cm³/mol. The Kier molecular flexibility index (Phi) is 9.71. The van der Waals surface area contributed by atoms with Crippen molar-refractivity contribution in [2.45, 2.75) is 130 Å². The number of halogens is 3. The van der Waals surface area contributed by atoms with Crippen LogP contribution < -0.4 is 0 Å². The fourth-order valence-corrected chi connectivity index (χ4v) is 5.00. The highest BCUT2D eigenvalue weighted by Gasteiger charge is 2.56. The number of hydrogen-bond acceptors (Lipinski definition) is 5. The molecule has 0 aromatic carbocycles. The van der Waals surface area contributed by atoms with E-state index in [9.17, 15) is 27.9 Å². The lowest BCUT2D eigenvalue weighted by Gasteiger charge is -2.43. The maximum Gasteiger partial charge on any atom is 0.417 e. The lowest BCUT2D eigenvalue weighted by Crippen LogP contribution is -2.52. The van der Waals surface area contributed by atoms with E-state index in [1.54, 1.807) is 20.8 Å². The predicted octanol–water partition coefficient (Wildman–Crippen LogP) is 6.60. The third-order valence-electron chi connectivity index (χ3n) is 7.46. The second kappa shape index (κ2) is 10.8. The summed E-state index contributed by atoms with van der Waals surface area (Å²) in [4.78, 5) is 25.9. The molecule has 0 aromatic heterocycles. The molecule has 8 heteroatoms. The molecule has 0 radical (unpaired) electrons. The first-order chi connectivity index (χ1) is 15.2. The monoisotopic (exact) mass is 494 g/mol. The molecular weight excluding hydrogens is 449 g/mol. The molecule has 0 spiro atoms. The minimum atomic E-state index is -4.71. The molecule has 1 N–H and O–H groups in total. The third-order valence-corrected chi connectivity index (χ3v) is 7.46. The molecule has 0 heterocycles. The topological polar surface area (TPSA) is 72.8 Å². The highest BCUT2D eigenvalue weighted by molar-refractivity contribution is 5.79. The molecule has 3 unspecified atom stereocenters. The highest BCUT2D eigenvalue weighted by Crippen LogP contribution is 2.46. The number of alkyl halides is 3. The fourth-order valence-electron chi connectivity index (χ4n) is 5.00. The average molecular weight is 495 g/mol. The van der Waals surface area contributed by atoms with Crippen molar-refractivity contribution < 1.29 is 37.3 Å². The zero-order valence-electron chi connectivity index (χ0n) is 22.4. The highest BCUT2D eigenvalue weighted by atomic mass is 19.4. The van der Waals surface area contributed by atoms with Crippen molar-refractivity contribution in [1.82, 2.24) is 0 Å². The summed E-state index contributed by atoms with van der Waals surface area (Å²) in [6, 6.07) is 0. The van der Waals surface area contributed by atoms with Crippen molar-refractivity contribution in [3.8, 4) is 0 Å². The van der Waals surface area contributed by atoms with Crippen LogP contribution in [0.2, 0.25) is 0 Å². The van der Waals surface area contributed by atoms with Gasteiger partial charge in [0.25, 0.3) is 0 Å². The summed E-state index contributed by atoms with van der Waals surface area (Å²) in [7, 11) is 0. The number of ether oxygens (including phenoxy) is 2. The van der Waals surface area contributed by atoms with E-state index in [1.807, 2.05) is 20.8 Å². The van der Waals surface area contributed by atoms with Gasteiger partial charge in [-0.15, -0.1) is 0 Å². The van der Waals surface area contributed by atoms with Crippen molar-refractivity contribution in [2.75, 3.05) is 0 Å². The van der Waals surface area contributed by atoms with Crippen LogP contribution in [0.4, 0.5) is 13.2 Å². The number of esters is 2. The van der Waals surface area contributed by atoms with Gasteiger partial charge in [0.05, 0.1) is 11.3 Å². The largest absolute Gasteiger partial charge is 0.459 e. The van der Waals surface area contributed by atoms with Gasteiger partial charge >= 0.3 is 18.1 Å². The Morgan fingerprint density at radius 1 is 1.03 bits per heavy atom. The van der Waals surface area contributed by atoms with Crippen LogP contribution in [-0.2, 0) is 19.1 Å². The van der Waals surface area contributed by atoms with Crippen LogP contribution in [0.5, 0.6) is 0 Å². The molecule has 5 nitrogen and oxygen atoms in total. The Morgan fingerprint density at radius 2 is 1.53 bits per heavy atom. The Labute approximate surface area is 203 Å². The summed E-state index contributed by atoms with van der Waals surface area (Å²) >= 11 is 0. The Morgan fingerprint density at radius 3 is 1.94 bits per heavy atom. The molecule has 0 aromatic rings. The Hall–Kier alpha value is -1.31. The van der Waals surface area contributed by atoms with Gasteiger partial charge in [0.2, 0.25) is 0 Å². The zero-order chi connectivity index (χ0) is 26.8. The van der Waals surface area contributed by atoms with Gasteiger partial charge in [-0.05, 0) is 91.4 Å². The second-order valence-electron chi connectivity index (χ2n) is 12.1. The van der Waals surface area contributed by atoms with Crippen molar-refractivity contribution in [3.63, 3.8) is 0 Å². The number of hydrogen-bond donors (Lipinski definition) is 1. The van der Waals surface area contributed by atoms with Crippen LogP contribution in [0.1, 0.15) is 107 Å². The average Bonchev–Trinajstić information content (AvgIpc) is 2.65. The van der Waals surface area contributed by atoms with E-state index in [0.717, 1.165) is 13.3 Å². The van der Waals surface area contributed by atoms with Crippen LogP contribution in [0.15, 0.2) is 0 Å². The molecule has 1 fully saturated rings. The first kappa shape index (κ1) is 30.7. The van der Waals surface area contributed by atoms with E-state index in [4.69, 9.17) is 9.47 Å². The number of carbonyl (C=O) groups is 2. The summed E-state index contributed by atoms with van der Waals surface area (Å²) in [6.45, 7) is 15.7. The standard InChI is InChI=1S/C26H45F3O5/c1-10-23(7,16-18(4)20(30)33-22(5,6)15-17(2)3)21(31)34-24(8)13-11-19(12-14-24)25(9,32)26(27,28)29/h17-19,32H,10-16H2,1-9H3. The van der Waals surface area contributed by atoms with E-state index < -0.39 is 46.2 Å². The van der Waals surface area contributed by atoms with Gasteiger partial charge in [0.1, 0.15) is 11.2 Å². The number of rotatable bonds is 10. The zero-order valence-corrected chi connectivity index (χ0v) is 22.4. The van der Waals surface area contributed by atoms with E-state index in [1.165, 1.54) is 0 Å². The molecule has 3 atom stereocenters. The lowest BCUT2D eigenvalue weighted by molar-refractivity contribution is -0.278. The number of aliphatic hydroxyl groups is 1. The normalized spacial score (nSPS) is 26.4. The summed E-state index contributed by atoms with van der Waals surface area (Å²) in [5, 5.41) is 10.00. The fraction of sp³-hybridized carbons (Fsp3) is 0.923. The summed E-state index contributed by atoms with van der Waals surface area (Å²) < 4.78 is 51.2. The van der Waals surface area contributed by atoms with Crippen molar-refractivity contribution in [2.24, 2.45) is 23.2 Å². The van der Waals surface area contributed by atoms with Gasteiger partial charge in [-0.2, -0.15) is 13.2 Å². The molecule has 1 aliphatic rings. The first-order valence-corrected chi connectivity index (χ1v) is 12.4. The number of carbonyl (C=O) groups excluding carboxylic acids is 2. The van der Waals surface area contributed by atoms with Gasteiger partial charge in [-0.3, -0.25) is 9.59 Å². The molecule has 1 aliphatic carbocycles. The van der Waals surface area contributed by atoms with E-state index >= 15 is 0 Å². The minimum absolute atomic E-state index is 0.104. The second-order valence-corrected chi connectivity index (χ2v) is 12.1. The maximum absolute atomic E-state index is 13.2. The van der Waals surface area contributed by atoms with Crippen molar-refractivity contribution >= 4 is 11.9 Å². The molecule has 34 heavy (non-hydrogen) atoms. The van der Waals surface area contributed by atoms with E-state index in [0.29, 0.717) is 12.3 Å². The molecule has 1 saturated carbocycles. The van der Waals surface area contributed by atoms with Gasteiger partial charge in [0.15, 0.2) is 5.60 Å². The van der Waals surface area contributed by atoms with Crippen molar-refractivity contribution in [1.29, 1.82) is 0 Å².